The Morgan fingerprint density at radius 3 is 2.40 bits per heavy atom. The van der Waals surface area contributed by atoms with Gasteiger partial charge < -0.3 is 14.5 Å². The topological polar surface area (TPSA) is 78.9 Å². The standard InChI is InChI=1S/C21H26ClN3O4S/c1-24-10-12-25(13-11-24)21(26)19(14-16-6-4-3-5-7-16)23-30(27,28)17-8-9-20(29-2)18(22)15-17/h3-9,15,19,23H,10-14H2,1-2H3/t19-/m1/s1. The average Bonchev–Trinajstić information content (AvgIpc) is 2.74. The minimum Gasteiger partial charge on any atom is -0.495 e. The van der Waals surface area contributed by atoms with E-state index < -0.39 is 16.1 Å². The van der Waals surface area contributed by atoms with Gasteiger partial charge in [0, 0.05) is 26.2 Å². The van der Waals surface area contributed by atoms with Gasteiger partial charge in [0.2, 0.25) is 15.9 Å². The van der Waals surface area contributed by atoms with Gasteiger partial charge in [-0.05, 0) is 37.2 Å². The molecule has 0 unspecified atom stereocenters. The van der Waals surface area contributed by atoms with E-state index in [1.165, 1.54) is 25.3 Å². The van der Waals surface area contributed by atoms with Crippen molar-refractivity contribution in [1.29, 1.82) is 0 Å². The molecular weight excluding hydrogens is 426 g/mol. The molecule has 2 aromatic carbocycles. The Labute approximate surface area is 182 Å². The van der Waals surface area contributed by atoms with Crippen molar-refractivity contribution in [1.82, 2.24) is 14.5 Å². The molecule has 162 valence electrons. The van der Waals surface area contributed by atoms with Crippen molar-refractivity contribution in [2.45, 2.75) is 17.4 Å². The predicted molar refractivity (Wildman–Crippen MR) is 116 cm³/mol. The number of sulfonamides is 1. The lowest BCUT2D eigenvalue weighted by molar-refractivity contribution is -0.134. The Kier molecular flexibility index (Phi) is 7.36. The first kappa shape index (κ1) is 22.6. The van der Waals surface area contributed by atoms with Crippen molar-refractivity contribution >= 4 is 27.5 Å². The quantitative estimate of drug-likeness (QED) is 0.696. The van der Waals surface area contributed by atoms with Gasteiger partial charge in [0.1, 0.15) is 11.8 Å². The van der Waals surface area contributed by atoms with Crippen molar-refractivity contribution in [3.05, 3.63) is 59.1 Å². The van der Waals surface area contributed by atoms with Crippen LogP contribution in [0, 0.1) is 0 Å². The predicted octanol–water partition coefficient (Wildman–Crippen LogP) is 2.01. The van der Waals surface area contributed by atoms with Gasteiger partial charge in [-0.1, -0.05) is 41.9 Å². The molecule has 0 aliphatic carbocycles. The molecule has 0 aromatic heterocycles. The lowest BCUT2D eigenvalue weighted by atomic mass is 10.1. The molecule has 2 aromatic rings. The molecule has 0 saturated carbocycles. The van der Waals surface area contributed by atoms with Crippen molar-refractivity contribution < 1.29 is 17.9 Å². The highest BCUT2D eigenvalue weighted by Gasteiger charge is 2.31. The summed E-state index contributed by atoms with van der Waals surface area (Å²) in [5.41, 5.74) is 0.875. The fourth-order valence-corrected chi connectivity index (χ4v) is 4.88. The third-order valence-corrected chi connectivity index (χ3v) is 6.89. The summed E-state index contributed by atoms with van der Waals surface area (Å²) < 4.78 is 33.8. The van der Waals surface area contributed by atoms with Crippen LogP contribution in [0.3, 0.4) is 0 Å². The summed E-state index contributed by atoms with van der Waals surface area (Å²) in [7, 11) is -0.513. The third-order valence-electron chi connectivity index (χ3n) is 5.13. The smallest absolute Gasteiger partial charge is 0.241 e. The number of hydrogen-bond donors (Lipinski definition) is 1. The highest BCUT2D eigenvalue weighted by atomic mass is 35.5. The number of halogens is 1. The summed E-state index contributed by atoms with van der Waals surface area (Å²) in [5.74, 6) is 0.153. The lowest BCUT2D eigenvalue weighted by Gasteiger charge is -2.34. The van der Waals surface area contributed by atoms with Crippen LogP contribution in [0.25, 0.3) is 0 Å². The number of methoxy groups -OCH3 is 1. The Morgan fingerprint density at radius 1 is 1.13 bits per heavy atom. The highest BCUT2D eigenvalue weighted by Crippen LogP contribution is 2.27. The Hall–Kier alpha value is -2.13. The fraction of sp³-hybridized carbons (Fsp3) is 0.381. The second kappa shape index (κ2) is 9.78. The second-order valence-corrected chi connectivity index (χ2v) is 9.41. The summed E-state index contributed by atoms with van der Waals surface area (Å²) in [6, 6.07) is 12.7. The first-order valence-electron chi connectivity index (χ1n) is 9.67. The molecule has 1 fully saturated rings. The molecule has 0 spiro atoms. The normalized spacial score (nSPS) is 16.3. The molecule has 1 aliphatic heterocycles. The van der Waals surface area contributed by atoms with E-state index in [1.54, 1.807) is 4.90 Å². The zero-order chi connectivity index (χ0) is 21.7. The van der Waals surface area contributed by atoms with E-state index in [-0.39, 0.29) is 22.2 Å². The van der Waals surface area contributed by atoms with E-state index in [2.05, 4.69) is 9.62 Å². The van der Waals surface area contributed by atoms with Crippen molar-refractivity contribution in [2.24, 2.45) is 0 Å². The number of benzene rings is 2. The van der Waals surface area contributed by atoms with Crippen LogP contribution in [0.1, 0.15) is 5.56 Å². The van der Waals surface area contributed by atoms with Crippen LogP contribution < -0.4 is 9.46 Å². The summed E-state index contributed by atoms with van der Waals surface area (Å²) in [6.07, 6.45) is 0.259. The van der Waals surface area contributed by atoms with E-state index in [9.17, 15) is 13.2 Å². The van der Waals surface area contributed by atoms with Crippen LogP contribution in [0.2, 0.25) is 5.02 Å². The maximum atomic E-state index is 13.2. The number of hydrogen-bond acceptors (Lipinski definition) is 5. The highest BCUT2D eigenvalue weighted by molar-refractivity contribution is 7.89. The number of nitrogens with one attached hydrogen (secondary N) is 1. The van der Waals surface area contributed by atoms with Crippen LogP contribution in [-0.2, 0) is 21.2 Å². The van der Waals surface area contributed by atoms with E-state index in [1.807, 2.05) is 37.4 Å². The lowest BCUT2D eigenvalue weighted by Crippen LogP contribution is -2.54. The molecule has 1 heterocycles. The second-order valence-electron chi connectivity index (χ2n) is 7.29. The SMILES string of the molecule is COc1ccc(S(=O)(=O)N[C@H](Cc2ccccc2)C(=O)N2CCN(C)CC2)cc1Cl. The largest absolute Gasteiger partial charge is 0.495 e. The number of rotatable bonds is 7. The molecule has 30 heavy (non-hydrogen) atoms. The van der Waals surface area contributed by atoms with Crippen molar-refractivity contribution in [3.63, 3.8) is 0 Å². The average molecular weight is 452 g/mol. The van der Waals surface area contributed by atoms with E-state index in [0.29, 0.717) is 18.8 Å². The maximum absolute atomic E-state index is 13.2. The molecule has 1 aliphatic rings. The molecule has 7 nitrogen and oxygen atoms in total. The van der Waals surface area contributed by atoms with Crippen LogP contribution in [-0.4, -0.2) is 70.5 Å². The number of carbonyl (C=O) groups is 1. The molecule has 3 rings (SSSR count). The Morgan fingerprint density at radius 2 is 1.80 bits per heavy atom. The summed E-state index contributed by atoms with van der Waals surface area (Å²) in [6.45, 7) is 2.64. The van der Waals surface area contributed by atoms with Gasteiger partial charge in [-0.3, -0.25) is 4.79 Å². The van der Waals surface area contributed by atoms with Crippen LogP contribution in [0.5, 0.6) is 5.75 Å². The van der Waals surface area contributed by atoms with Crippen LogP contribution in [0.4, 0.5) is 0 Å². The minimum atomic E-state index is -3.97. The van der Waals surface area contributed by atoms with Gasteiger partial charge >= 0.3 is 0 Å². The summed E-state index contributed by atoms with van der Waals surface area (Å²) in [5, 5.41) is 0.186. The van der Waals surface area contributed by atoms with Gasteiger partial charge in [-0.25, -0.2) is 8.42 Å². The van der Waals surface area contributed by atoms with Gasteiger partial charge in [0.15, 0.2) is 0 Å². The first-order valence-corrected chi connectivity index (χ1v) is 11.5. The van der Waals surface area contributed by atoms with Gasteiger partial charge in [0.05, 0.1) is 17.0 Å². The fourth-order valence-electron chi connectivity index (χ4n) is 3.35. The zero-order valence-corrected chi connectivity index (χ0v) is 18.6. The summed E-state index contributed by atoms with van der Waals surface area (Å²) in [4.78, 5) is 17.1. The van der Waals surface area contributed by atoms with Crippen LogP contribution >= 0.6 is 11.6 Å². The minimum absolute atomic E-state index is 0.0162. The summed E-state index contributed by atoms with van der Waals surface area (Å²) >= 11 is 6.10. The monoisotopic (exact) mass is 451 g/mol. The first-order chi connectivity index (χ1) is 14.3. The maximum Gasteiger partial charge on any atom is 0.241 e. The molecular formula is C21H26ClN3O4S. The molecule has 9 heteroatoms. The van der Waals surface area contributed by atoms with E-state index in [4.69, 9.17) is 16.3 Å². The van der Waals surface area contributed by atoms with Crippen molar-refractivity contribution in [2.75, 3.05) is 40.3 Å². The molecule has 1 atom stereocenters. The van der Waals surface area contributed by atoms with Crippen molar-refractivity contribution in [3.8, 4) is 5.75 Å². The van der Waals surface area contributed by atoms with Gasteiger partial charge in [-0.2, -0.15) is 4.72 Å². The molecule has 0 bridgehead atoms. The van der Waals surface area contributed by atoms with Gasteiger partial charge in [-0.15, -0.1) is 0 Å². The molecule has 1 N–H and O–H groups in total. The zero-order valence-electron chi connectivity index (χ0n) is 17.0. The number of ether oxygens (including phenoxy) is 1. The van der Waals surface area contributed by atoms with E-state index >= 15 is 0 Å². The van der Waals surface area contributed by atoms with E-state index in [0.717, 1.165) is 18.7 Å². The molecule has 1 amide bonds. The number of carbonyl (C=O) groups excluding carboxylic acids is 1. The number of likely N-dealkylation sites (N-methyl/N-ethyl adjacent to an activating group) is 1. The molecule has 1 saturated heterocycles. The van der Waals surface area contributed by atoms with Gasteiger partial charge in [0.25, 0.3) is 0 Å². The Bertz CT molecular complexity index is 977. The number of amides is 1. The van der Waals surface area contributed by atoms with Crippen LogP contribution in [0.15, 0.2) is 53.4 Å². The Balaban J connectivity index is 1.85. The number of nitrogens with zero attached hydrogens (tertiary/aromatic N) is 2. The number of piperazine rings is 1. The molecule has 0 radical (unpaired) electrons. The third kappa shape index (κ3) is 5.51.